The molecule has 7 nitrogen and oxygen atoms in total. The Balaban J connectivity index is 4.95. The van der Waals surface area contributed by atoms with Crippen LogP contribution in [0.1, 0.15) is 61.8 Å². The molecule has 23 heavy (non-hydrogen) atoms. The number of hydrogen-bond donors (Lipinski definition) is 1. The van der Waals surface area contributed by atoms with E-state index in [0.717, 1.165) is 6.92 Å². The first kappa shape index (κ1) is 21.4. The lowest BCUT2D eigenvalue weighted by Crippen LogP contribution is -2.48. The van der Waals surface area contributed by atoms with Crippen molar-refractivity contribution in [2.24, 2.45) is 0 Å². The molecule has 0 fully saturated rings. The lowest BCUT2D eigenvalue weighted by atomic mass is 10.1. The maximum absolute atomic E-state index is 11.9. The van der Waals surface area contributed by atoms with Crippen molar-refractivity contribution in [3.05, 3.63) is 0 Å². The van der Waals surface area contributed by atoms with E-state index in [1.165, 1.54) is 0 Å². The molecule has 0 aliphatic carbocycles. The summed E-state index contributed by atoms with van der Waals surface area (Å²) in [5, 5.41) is 2.60. The van der Waals surface area contributed by atoms with E-state index < -0.39 is 41.4 Å². The molecular formula is C16H29NO6. The van der Waals surface area contributed by atoms with Gasteiger partial charge in [-0.2, -0.15) is 0 Å². The highest BCUT2D eigenvalue weighted by Crippen LogP contribution is 2.16. The minimum absolute atomic E-state index is 0.198. The molecule has 0 aromatic carbocycles. The molecule has 0 saturated heterocycles. The van der Waals surface area contributed by atoms with Crippen LogP contribution in [0.15, 0.2) is 0 Å². The highest BCUT2D eigenvalue weighted by atomic mass is 16.6. The monoisotopic (exact) mass is 331 g/mol. The van der Waals surface area contributed by atoms with Gasteiger partial charge in [0.1, 0.15) is 5.60 Å². The second-order valence-electron chi connectivity index (χ2n) is 7.36. The first-order valence-corrected chi connectivity index (χ1v) is 7.58. The van der Waals surface area contributed by atoms with Crippen LogP contribution in [0.4, 0.5) is 4.79 Å². The van der Waals surface area contributed by atoms with E-state index in [0.29, 0.717) is 0 Å². The molecule has 0 aromatic rings. The fourth-order valence-electron chi connectivity index (χ4n) is 1.81. The molecule has 1 N–H and O–H groups in total. The Hall–Kier alpha value is -1.63. The number of rotatable bonds is 5. The Kier molecular flexibility index (Phi) is 7.70. The Morgan fingerprint density at radius 2 is 1.52 bits per heavy atom. The Labute approximate surface area is 138 Å². The molecule has 0 unspecified atom stereocenters. The number of ether oxygens (including phenoxy) is 3. The summed E-state index contributed by atoms with van der Waals surface area (Å²) in [4.78, 5) is 34.5. The molecule has 2 atom stereocenters. The van der Waals surface area contributed by atoms with Gasteiger partial charge in [-0.1, -0.05) is 0 Å². The predicted molar refractivity (Wildman–Crippen MR) is 84.8 cm³/mol. The number of nitrogens with one attached hydrogen (secondary N) is 1. The van der Waals surface area contributed by atoms with Gasteiger partial charge in [-0.25, -0.2) is 4.79 Å². The van der Waals surface area contributed by atoms with Crippen molar-refractivity contribution < 1.29 is 28.6 Å². The zero-order chi connectivity index (χ0) is 18.4. The third-order valence-corrected chi connectivity index (χ3v) is 2.45. The summed E-state index contributed by atoms with van der Waals surface area (Å²) in [6, 6.07) is -0.684. The summed E-state index contributed by atoms with van der Waals surface area (Å²) in [5.74, 6) is -1.43. The second kappa shape index (κ2) is 8.29. The highest BCUT2D eigenvalue weighted by molar-refractivity contribution is 5.84. The number of alkyl carbamates (subject to hydrolysis) is 1. The van der Waals surface area contributed by atoms with Crippen LogP contribution in [-0.4, -0.2) is 41.4 Å². The number of esters is 2. The molecule has 1 amide bonds. The molecular weight excluding hydrogens is 302 g/mol. The van der Waals surface area contributed by atoms with Crippen LogP contribution in [0.5, 0.6) is 0 Å². The van der Waals surface area contributed by atoms with E-state index in [4.69, 9.17) is 9.47 Å². The summed E-state index contributed by atoms with van der Waals surface area (Å²) < 4.78 is 15.5. The molecule has 0 saturated carbocycles. The fraction of sp³-hybridized carbons (Fsp3) is 0.812. The van der Waals surface area contributed by atoms with Gasteiger partial charge in [0.25, 0.3) is 0 Å². The van der Waals surface area contributed by atoms with Crippen LogP contribution < -0.4 is 5.32 Å². The zero-order valence-corrected chi connectivity index (χ0v) is 15.3. The van der Waals surface area contributed by atoms with E-state index in [1.54, 1.807) is 27.7 Å². The number of carbonyl (C=O) groups is 3. The molecule has 0 radical (unpaired) electrons. The molecule has 0 spiro atoms. The summed E-state index contributed by atoms with van der Waals surface area (Å²) in [6.07, 6.45) is -1.35. The topological polar surface area (TPSA) is 90.9 Å². The fourth-order valence-corrected chi connectivity index (χ4v) is 1.81. The lowest BCUT2D eigenvalue weighted by Gasteiger charge is -2.31. The molecule has 0 aromatic heterocycles. The maximum Gasteiger partial charge on any atom is 0.407 e. The summed E-state index contributed by atoms with van der Waals surface area (Å²) >= 11 is 0. The van der Waals surface area contributed by atoms with Gasteiger partial charge in [-0.15, -0.1) is 0 Å². The smallest absolute Gasteiger partial charge is 0.407 e. The van der Waals surface area contributed by atoms with E-state index in [1.807, 2.05) is 20.8 Å². The van der Waals surface area contributed by atoms with Gasteiger partial charge in [0.15, 0.2) is 0 Å². The molecule has 0 rings (SSSR count). The number of hydrogen-bond acceptors (Lipinski definition) is 6. The number of carbonyl (C=O) groups excluding carboxylic acids is 3. The van der Waals surface area contributed by atoms with Gasteiger partial charge in [-0.05, 0) is 48.5 Å². The van der Waals surface area contributed by atoms with Gasteiger partial charge >= 0.3 is 18.0 Å². The van der Waals surface area contributed by atoms with Crippen LogP contribution in [0, 0.1) is 0 Å². The average molecular weight is 331 g/mol. The standard InChI is InChI=1S/C16H29NO6/c1-10(22-15(3,4)5)12(9-13(19)21-11(2)18)17-14(20)23-16(6,7)8/h10,12H,9H2,1-8H3,(H,17,20)/t10-,12-/m1/s1. The average Bonchev–Trinajstić information content (AvgIpc) is 2.21. The summed E-state index contributed by atoms with van der Waals surface area (Å²) in [5.41, 5.74) is -1.12. The van der Waals surface area contributed by atoms with Crippen molar-refractivity contribution in [3.8, 4) is 0 Å². The maximum atomic E-state index is 11.9. The van der Waals surface area contributed by atoms with Crippen molar-refractivity contribution in [3.63, 3.8) is 0 Å². The van der Waals surface area contributed by atoms with Crippen molar-refractivity contribution >= 4 is 18.0 Å². The highest BCUT2D eigenvalue weighted by Gasteiger charge is 2.29. The van der Waals surface area contributed by atoms with Crippen LogP contribution >= 0.6 is 0 Å². The first-order chi connectivity index (χ1) is 10.2. The van der Waals surface area contributed by atoms with E-state index in [-0.39, 0.29) is 6.42 Å². The van der Waals surface area contributed by atoms with E-state index in [9.17, 15) is 14.4 Å². The quantitative estimate of drug-likeness (QED) is 0.615. The van der Waals surface area contributed by atoms with Crippen molar-refractivity contribution in [2.45, 2.75) is 85.2 Å². The van der Waals surface area contributed by atoms with Crippen molar-refractivity contribution in [1.29, 1.82) is 0 Å². The Bertz CT molecular complexity index is 433. The van der Waals surface area contributed by atoms with Crippen molar-refractivity contribution in [1.82, 2.24) is 5.32 Å². The minimum atomic E-state index is -0.733. The zero-order valence-electron chi connectivity index (χ0n) is 15.3. The van der Waals surface area contributed by atoms with Gasteiger partial charge in [0, 0.05) is 6.92 Å². The van der Waals surface area contributed by atoms with Crippen LogP contribution in [-0.2, 0) is 23.8 Å². The molecule has 0 aliphatic rings. The summed E-state index contributed by atoms with van der Waals surface area (Å²) in [6.45, 7) is 13.7. The molecule has 0 heterocycles. The van der Waals surface area contributed by atoms with Gasteiger partial charge in [0.05, 0.1) is 24.2 Å². The van der Waals surface area contributed by atoms with Gasteiger partial charge in [-0.3, -0.25) is 9.59 Å². The van der Waals surface area contributed by atoms with E-state index in [2.05, 4.69) is 10.1 Å². The van der Waals surface area contributed by atoms with Crippen LogP contribution in [0.25, 0.3) is 0 Å². The molecule has 0 aliphatic heterocycles. The molecule has 0 bridgehead atoms. The largest absolute Gasteiger partial charge is 0.444 e. The second-order valence-corrected chi connectivity index (χ2v) is 7.36. The molecule has 7 heteroatoms. The third kappa shape index (κ3) is 11.6. The SMILES string of the molecule is CC(=O)OC(=O)C[C@@H](NC(=O)OC(C)(C)C)[C@@H](C)OC(C)(C)C. The van der Waals surface area contributed by atoms with Gasteiger partial charge in [0.2, 0.25) is 0 Å². The van der Waals surface area contributed by atoms with Gasteiger partial charge < -0.3 is 19.5 Å². The van der Waals surface area contributed by atoms with Crippen molar-refractivity contribution in [2.75, 3.05) is 0 Å². The Morgan fingerprint density at radius 3 is 1.91 bits per heavy atom. The predicted octanol–water partition coefficient (Wildman–Crippen LogP) is 2.56. The van der Waals surface area contributed by atoms with E-state index >= 15 is 0 Å². The lowest BCUT2D eigenvalue weighted by molar-refractivity contribution is -0.159. The summed E-state index contributed by atoms with van der Waals surface area (Å²) in [7, 11) is 0. The first-order valence-electron chi connectivity index (χ1n) is 7.58. The number of amides is 1. The van der Waals surface area contributed by atoms with Crippen LogP contribution in [0.3, 0.4) is 0 Å². The molecule has 134 valence electrons. The minimum Gasteiger partial charge on any atom is -0.444 e. The third-order valence-electron chi connectivity index (χ3n) is 2.45. The van der Waals surface area contributed by atoms with Crippen LogP contribution in [0.2, 0.25) is 0 Å². The Morgan fingerprint density at radius 1 is 1.00 bits per heavy atom. The normalized spacial score (nSPS) is 14.6.